The zero-order valence-electron chi connectivity index (χ0n) is 19.2. The molecule has 194 valence electrons. The van der Waals surface area contributed by atoms with Crippen LogP contribution in [-0.2, 0) is 16.3 Å². The lowest BCUT2D eigenvalue weighted by atomic mass is 10.1. The van der Waals surface area contributed by atoms with Gasteiger partial charge in [0, 0.05) is 30.5 Å². The summed E-state index contributed by atoms with van der Waals surface area (Å²) in [5.41, 5.74) is 1.61. The third kappa shape index (κ3) is 4.73. The quantitative estimate of drug-likeness (QED) is 0.181. The number of benzene rings is 2. The van der Waals surface area contributed by atoms with E-state index < -0.39 is 49.1 Å². The normalized spacial score (nSPS) is 14.8. The van der Waals surface area contributed by atoms with Crippen LogP contribution in [-0.4, -0.2) is 46.0 Å². The Kier molecular flexibility index (Phi) is 7.41. The first-order chi connectivity index (χ1) is 17.1. The van der Waals surface area contributed by atoms with Gasteiger partial charge in [-0.05, 0) is 31.0 Å². The van der Waals surface area contributed by atoms with Crippen molar-refractivity contribution in [3.05, 3.63) is 63.9 Å². The van der Waals surface area contributed by atoms with E-state index in [4.69, 9.17) is 9.47 Å². The number of halogens is 5. The molecule has 2 aromatic carbocycles. The highest BCUT2D eigenvalue weighted by Crippen LogP contribution is 2.34. The van der Waals surface area contributed by atoms with E-state index in [0.29, 0.717) is 23.1 Å². The lowest BCUT2D eigenvalue weighted by Crippen LogP contribution is -2.40. The summed E-state index contributed by atoms with van der Waals surface area (Å²) in [4.78, 5) is 4.65. The minimum absolute atomic E-state index is 0.0690. The molecule has 1 saturated heterocycles. The number of methoxy groups -OCH3 is 2. The number of hydrogen-bond acceptors (Lipinski definition) is 7. The highest BCUT2D eigenvalue weighted by Gasteiger charge is 2.39. The van der Waals surface area contributed by atoms with Gasteiger partial charge in [-0.15, -0.1) is 11.3 Å². The maximum absolute atomic E-state index is 14.1. The Labute approximate surface area is 208 Å². The van der Waals surface area contributed by atoms with Gasteiger partial charge in [-0.3, -0.25) is 0 Å². The van der Waals surface area contributed by atoms with Gasteiger partial charge in [0.1, 0.15) is 16.4 Å². The van der Waals surface area contributed by atoms with Crippen molar-refractivity contribution in [1.82, 2.24) is 4.98 Å². The van der Waals surface area contributed by atoms with Crippen molar-refractivity contribution >= 4 is 26.3 Å². The molecule has 0 saturated carbocycles. The second-order valence-corrected chi connectivity index (χ2v) is 11.1. The first kappa shape index (κ1) is 26.1. The number of nitrogens with zero attached hydrogens (tertiary/aromatic N) is 2. The summed E-state index contributed by atoms with van der Waals surface area (Å²) in [6.45, 7) is 0.351. The molecular weight excluding hydrogens is 527 g/mol. The Morgan fingerprint density at radius 1 is 0.972 bits per heavy atom. The number of thiazole rings is 1. The van der Waals surface area contributed by atoms with Crippen LogP contribution in [0.15, 0.2) is 28.5 Å². The molecule has 0 atom stereocenters. The molecule has 36 heavy (non-hydrogen) atoms. The fourth-order valence-corrected chi connectivity index (χ4v) is 6.82. The first-order valence-electron chi connectivity index (χ1n) is 10.7. The van der Waals surface area contributed by atoms with E-state index in [9.17, 15) is 30.4 Å². The van der Waals surface area contributed by atoms with E-state index >= 15 is 0 Å². The maximum atomic E-state index is 14.1. The van der Waals surface area contributed by atoms with Crippen molar-refractivity contribution in [3.8, 4) is 11.5 Å². The van der Waals surface area contributed by atoms with Crippen molar-refractivity contribution in [2.45, 2.75) is 29.4 Å². The van der Waals surface area contributed by atoms with Crippen LogP contribution in [0.1, 0.15) is 24.1 Å². The summed E-state index contributed by atoms with van der Waals surface area (Å²) < 4.78 is 105. The highest BCUT2D eigenvalue weighted by atomic mass is 32.2. The average molecular weight is 549 g/mol. The van der Waals surface area contributed by atoms with Gasteiger partial charge >= 0.3 is 0 Å². The Balaban J connectivity index is 1.48. The number of ether oxygens (including phenoxy) is 2. The molecule has 13 heteroatoms. The number of anilines is 1. The molecule has 0 unspecified atom stereocenters. The van der Waals surface area contributed by atoms with Gasteiger partial charge in [0.05, 0.1) is 25.2 Å². The van der Waals surface area contributed by atoms with Crippen molar-refractivity contribution in [3.63, 3.8) is 0 Å². The van der Waals surface area contributed by atoms with E-state index in [1.54, 1.807) is 26.4 Å². The molecule has 0 radical (unpaired) electrons. The SMILES string of the molecule is COc1ccc(OC)c(Cc2csc(N3CCC(S(=O)(=O)c4c(F)c(F)c(F)c(F)c4F)CC3)n2)c1. The minimum Gasteiger partial charge on any atom is -0.497 e. The number of rotatable bonds is 7. The second-order valence-electron chi connectivity index (χ2n) is 8.11. The molecule has 2 heterocycles. The molecule has 0 amide bonds. The summed E-state index contributed by atoms with van der Waals surface area (Å²) in [6.07, 6.45) is 0.322. The molecule has 0 N–H and O–H groups in total. The highest BCUT2D eigenvalue weighted by molar-refractivity contribution is 7.92. The lowest BCUT2D eigenvalue weighted by Gasteiger charge is -2.31. The molecule has 1 aliphatic heterocycles. The molecule has 1 aromatic heterocycles. The molecule has 1 aliphatic rings. The van der Waals surface area contributed by atoms with Crippen LogP contribution in [0.2, 0.25) is 0 Å². The number of hydrogen-bond donors (Lipinski definition) is 0. The first-order valence-corrected chi connectivity index (χ1v) is 13.2. The van der Waals surface area contributed by atoms with Crippen LogP contribution in [0.3, 0.4) is 0 Å². The summed E-state index contributed by atoms with van der Waals surface area (Å²) in [6, 6.07) is 5.41. The van der Waals surface area contributed by atoms with Crippen LogP contribution >= 0.6 is 11.3 Å². The van der Waals surface area contributed by atoms with Gasteiger partial charge in [-0.25, -0.2) is 35.4 Å². The Morgan fingerprint density at radius 2 is 1.58 bits per heavy atom. The van der Waals surface area contributed by atoms with Crippen LogP contribution < -0.4 is 14.4 Å². The molecule has 0 spiro atoms. The van der Waals surface area contributed by atoms with Crippen molar-refractivity contribution in [1.29, 1.82) is 0 Å². The van der Waals surface area contributed by atoms with Crippen LogP contribution in [0.4, 0.5) is 27.1 Å². The van der Waals surface area contributed by atoms with Gasteiger partial charge in [0.2, 0.25) is 5.82 Å². The third-order valence-corrected chi connectivity index (χ3v) is 9.23. The summed E-state index contributed by atoms with van der Waals surface area (Å²) in [7, 11) is -1.69. The Bertz CT molecular complexity index is 1360. The van der Waals surface area contributed by atoms with Gasteiger partial charge in [-0.1, -0.05) is 0 Å². The fourth-order valence-electron chi connectivity index (χ4n) is 4.10. The van der Waals surface area contributed by atoms with Crippen molar-refractivity contribution in [2.24, 2.45) is 0 Å². The van der Waals surface area contributed by atoms with E-state index in [0.717, 1.165) is 11.3 Å². The zero-order chi connectivity index (χ0) is 26.2. The summed E-state index contributed by atoms with van der Waals surface area (Å²) >= 11 is 1.35. The van der Waals surface area contributed by atoms with E-state index in [2.05, 4.69) is 4.98 Å². The number of sulfone groups is 1. The van der Waals surface area contributed by atoms with Crippen molar-refractivity contribution in [2.75, 3.05) is 32.2 Å². The second kappa shape index (κ2) is 10.2. The monoisotopic (exact) mass is 548 g/mol. The minimum atomic E-state index is -4.81. The number of piperidine rings is 1. The molecule has 6 nitrogen and oxygen atoms in total. The van der Waals surface area contributed by atoms with Crippen molar-refractivity contribution < 1.29 is 39.8 Å². The molecule has 0 aliphatic carbocycles. The zero-order valence-corrected chi connectivity index (χ0v) is 20.8. The van der Waals surface area contributed by atoms with E-state index in [1.165, 1.54) is 11.3 Å². The third-order valence-electron chi connectivity index (χ3n) is 6.00. The molecular formula is C23H21F5N2O4S2. The van der Waals surface area contributed by atoms with E-state index in [1.807, 2.05) is 16.3 Å². The number of aromatic nitrogens is 1. The fraction of sp³-hybridized carbons (Fsp3) is 0.348. The largest absolute Gasteiger partial charge is 0.497 e. The topological polar surface area (TPSA) is 68.7 Å². The van der Waals surface area contributed by atoms with Gasteiger partial charge in [0.25, 0.3) is 0 Å². The molecule has 4 rings (SSSR count). The van der Waals surface area contributed by atoms with Crippen LogP contribution in [0.25, 0.3) is 0 Å². The van der Waals surface area contributed by atoms with Gasteiger partial charge < -0.3 is 14.4 Å². The van der Waals surface area contributed by atoms with Crippen LogP contribution in [0, 0.1) is 29.1 Å². The summed E-state index contributed by atoms with van der Waals surface area (Å²) in [5, 5.41) is 1.17. The standard InChI is InChI=1S/C23H21F5N2O4S2/c1-33-14-3-4-16(34-2)12(10-14)9-13-11-35-23(29-13)30-7-5-15(6-8-30)36(31,32)22-20(27)18(25)17(24)19(26)21(22)28/h3-4,10-11,15H,5-9H2,1-2H3. The maximum Gasteiger partial charge on any atom is 0.200 e. The smallest absolute Gasteiger partial charge is 0.200 e. The summed E-state index contributed by atoms with van der Waals surface area (Å²) in [5.74, 6) is -10.3. The lowest BCUT2D eigenvalue weighted by molar-refractivity contribution is 0.356. The van der Waals surface area contributed by atoms with Crippen LogP contribution in [0.5, 0.6) is 11.5 Å². The predicted octanol–water partition coefficient (Wildman–Crippen LogP) is 4.89. The average Bonchev–Trinajstić information content (AvgIpc) is 3.34. The Hall–Kier alpha value is -2.93. The molecule has 1 fully saturated rings. The van der Waals surface area contributed by atoms with Gasteiger partial charge in [0.15, 0.2) is 38.2 Å². The Morgan fingerprint density at radius 3 is 2.17 bits per heavy atom. The molecule has 0 bridgehead atoms. The predicted molar refractivity (Wildman–Crippen MR) is 123 cm³/mol. The van der Waals surface area contributed by atoms with E-state index in [-0.39, 0.29) is 25.9 Å². The molecule has 3 aromatic rings. The van der Waals surface area contributed by atoms with Gasteiger partial charge in [-0.2, -0.15) is 0 Å².